The molecule has 0 rings (SSSR count). The smallest absolute Gasteiger partial charge is 0.333 e. The first-order chi connectivity index (χ1) is 10.7. The van der Waals surface area contributed by atoms with Gasteiger partial charge in [0, 0.05) is 25.2 Å². The van der Waals surface area contributed by atoms with E-state index in [0.717, 1.165) is 19.4 Å². The normalized spacial score (nSPS) is 10.6. The van der Waals surface area contributed by atoms with E-state index in [1.54, 1.807) is 6.92 Å². The zero-order valence-corrected chi connectivity index (χ0v) is 14.8. The molecule has 3 nitrogen and oxygen atoms in total. The molecule has 0 N–H and O–H groups in total. The Balaban J connectivity index is 3.05. The van der Waals surface area contributed by atoms with Crippen LogP contribution in [0.25, 0.3) is 0 Å². The van der Waals surface area contributed by atoms with Gasteiger partial charge in [0.15, 0.2) is 0 Å². The van der Waals surface area contributed by atoms with Gasteiger partial charge in [-0.2, -0.15) is 0 Å². The van der Waals surface area contributed by atoms with E-state index in [1.165, 1.54) is 57.8 Å². The van der Waals surface area contributed by atoms with Gasteiger partial charge in [0.1, 0.15) is 0 Å². The second-order valence-corrected chi connectivity index (χ2v) is 6.06. The molecule has 0 saturated heterocycles. The van der Waals surface area contributed by atoms with Crippen LogP contribution < -0.4 is 0 Å². The van der Waals surface area contributed by atoms with E-state index in [2.05, 4.69) is 13.5 Å². The third-order valence-electron chi connectivity index (χ3n) is 3.66. The minimum absolute atomic E-state index is 0.310. The van der Waals surface area contributed by atoms with Crippen molar-refractivity contribution in [3.8, 4) is 0 Å². The number of hydrogen-bond donors (Lipinski definition) is 0. The second kappa shape index (κ2) is 16.5. The average Bonchev–Trinajstić information content (AvgIpc) is 2.50. The Labute approximate surface area is 137 Å². The zero-order valence-electron chi connectivity index (χ0n) is 14.8. The van der Waals surface area contributed by atoms with E-state index >= 15 is 0 Å². The van der Waals surface area contributed by atoms with Crippen LogP contribution in [0.4, 0.5) is 0 Å². The summed E-state index contributed by atoms with van der Waals surface area (Å²) < 4.78 is 10.5. The molecule has 0 atom stereocenters. The average molecular weight is 312 g/mol. The van der Waals surface area contributed by atoms with Crippen LogP contribution in [0.5, 0.6) is 0 Å². The van der Waals surface area contributed by atoms with Crippen molar-refractivity contribution in [2.75, 3.05) is 19.8 Å². The van der Waals surface area contributed by atoms with Crippen LogP contribution in [0.15, 0.2) is 12.2 Å². The third-order valence-corrected chi connectivity index (χ3v) is 3.66. The lowest BCUT2D eigenvalue weighted by Crippen LogP contribution is -2.08. The number of ether oxygens (including phenoxy) is 2. The van der Waals surface area contributed by atoms with E-state index in [1.807, 2.05) is 0 Å². The van der Waals surface area contributed by atoms with Crippen LogP contribution in [0.2, 0.25) is 0 Å². The Hall–Kier alpha value is -0.830. The summed E-state index contributed by atoms with van der Waals surface area (Å²) in [6.45, 7) is 9.37. The molecule has 0 radical (unpaired) electrons. The van der Waals surface area contributed by atoms with Crippen LogP contribution in [-0.2, 0) is 14.3 Å². The van der Waals surface area contributed by atoms with Gasteiger partial charge in [-0.15, -0.1) is 0 Å². The summed E-state index contributed by atoms with van der Waals surface area (Å²) in [7, 11) is 0. The van der Waals surface area contributed by atoms with Gasteiger partial charge in [-0.3, -0.25) is 0 Å². The fourth-order valence-electron chi connectivity index (χ4n) is 2.24. The van der Waals surface area contributed by atoms with E-state index in [4.69, 9.17) is 9.47 Å². The summed E-state index contributed by atoms with van der Waals surface area (Å²) in [6.07, 6.45) is 14.2. The van der Waals surface area contributed by atoms with Crippen molar-refractivity contribution in [1.82, 2.24) is 0 Å². The van der Waals surface area contributed by atoms with Crippen LogP contribution >= 0.6 is 0 Å². The van der Waals surface area contributed by atoms with Crippen LogP contribution in [0.3, 0.4) is 0 Å². The Kier molecular flexibility index (Phi) is 15.9. The molecule has 0 fully saturated rings. The zero-order chi connectivity index (χ0) is 16.5. The van der Waals surface area contributed by atoms with E-state index in [-0.39, 0.29) is 5.97 Å². The molecule has 130 valence electrons. The van der Waals surface area contributed by atoms with Crippen molar-refractivity contribution < 1.29 is 14.3 Å². The summed E-state index contributed by atoms with van der Waals surface area (Å²) in [6, 6.07) is 0. The van der Waals surface area contributed by atoms with E-state index in [0.29, 0.717) is 18.8 Å². The molecule has 0 aromatic carbocycles. The topological polar surface area (TPSA) is 35.5 Å². The lowest BCUT2D eigenvalue weighted by molar-refractivity contribution is -0.139. The van der Waals surface area contributed by atoms with Crippen molar-refractivity contribution >= 4 is 5.97 Å². The van der Waals surface area contributed by atoms with E-state index in [9.17, 15) is 4.79 Å². The Morgan fingerprint density at radius 1 is 0.773 bits per heavy atom. The van der Waals surface area contributed by atoms with Crippen LogP contribution in [0, 0.1) is 0 Å². The van der Waals surface area contributed by atoms with E-state index < -0.39 is 0 Å². The molecule has 3 heteroatoms. The van der Waals surface area contributed by atoms with Gasteiger partial charge < -0.3 is 9.47 Å². The molecular formula is C19H36O3. The maximum absolute atomic E-state index is 11.1. The molecule has 0 spiro atoms. The van der Waals surface area contributed by atoms with Crippen LogP contribution in [0.1, 0.15) is 84.5 Å². The molecule has 0 amide bonds. The summed E-state index contributed by atoms with van der Waals surface area (Å²) in [5.74, 6) is -0.310. The lowest BCUT2D eigenvalue weighted by Gasteiger charge is -2.06. The highest BCUT2D eigenvalue weighted by molar-refractivity contribution is 5.86. The van der Waals surface area contributed by atoms with Crippen molar-refractivity contribution in [2.45, 2.75) is 84.5 Å². The van der Waals surface area contributed by atoms with Crippen LogP contribution in [-0.4, -0.2) is 25.8 Å². The van der Waals surface area contributed by atoms with Crippen molar-refractivity contribution in [3.05, 3.63) is 12.2 Å². The maximum Gasteiger partial charge on any atom is 0.333 e. The number of hydrogen-bond acceptors (Lipinski definition) is 3. The molecule has 0 heterocycles. The Morgan fingerprint density at radius 3 is 1.82 bits per heavy atom. The monoisotopic (exact) mass is 312 g/mol. The molecule has 0 aliphatic carbocycles. The number of carbonyl (C=O) groups is 1. The number of carbonyl (C=O) groups excluding carboxylic acids is 1. The summed E-state index contributed by atoms with van der Waals surface area (Å²) in [5.41, 5.74) is 0.450. The first-order valence-electron chi connectivity index (χ1n) is 9.08. The van der Waals surface area contributed by atoms with Crippen molar-refractivity contribution in [2.24, 2.45) is 0 Å². The molecule has 0 bridgehead atoms. The molecule has 0 aromatic heterocycles. The number of esters is 1. The summed E-state index contributed by atoms with van der Waals surface area (Å²) in [4.78, 5) is 11.1. The minimum atomic E-state index is -0.310. The molecule has 0 aromatic rings. The van der Waals surface area contributed by atoms with Crippen molar-refractivity contribution in [1.29, 1.82) is 0 Å². The van der Waals surface area contributed by atoms with Gasteiger partial charge in [0.05, 0.1) is 6.61 Å². The second-order valence-electron chi connectivity index (χ2n) is 6.06. The molecule has 22 heavy (non-hydrogen) atoms. The largest absolute Gasteiger partial charge is 0.462 e. The standard InChI is InChI=1S/C19H36O3/c1-4-5-6-7-8-9-10-11-12-13-15-21-16-14-17-22-19(20)18(2)3/h2,4-17H2,1,3H3. The predicted octanol–water partition coefficient (Wildman–Crippen LogP) is 5.43. The van der Waals surface area contributed by atoms with Gasteiger partial charge in [-0.25, -0.2) is 4.79 Å². The molecular weight excluding hydrogens is 276 g/mol. The maximum atomic E-state index is 11.1. The van der Waals surface area contributed by atoms with Gasteiger partial charge in [0.2, 0.25) is 0 Å². The highest BCUT2D eigenvalue weighted by Gasteiger charge is 2.01. The molecule has 0 saturated carbocycles. The van der Waals surface area contributed by atoms with Crippen molar-refractivity contribution in [3.63, 3.8) is 0 Å². The predicted molar refractivity (Wildman–Crippen MR) is 93.1 cm³/mol. The molecule has 0 unspecified atom stereocenters. The first-order valence-corrected chi connectivity index (χ1v) is 9.08. The molecule has 0 aliphatic heterocycles. The fourth-order valence-corrected chi connectivity index (χ4v) is 2.24. The Morgan fingerprint density at radius 2 is 1.27 bits per heavy atom. The number of rotatable bonds is 16. The van der Waals surface area contributed by atoms with Gasteiger partial charge in [0.25, 0.3) is 0 Å². The fraction of sp³-hybridized carbons (Fsp3) is 0.842. The Bertz CT molecular complexity index is 274. The minimum Gasteiger partial charge on any atom is -0.462 e. The summed E-state index contributed by atoms with van der Waals surface area (Å²) >= 11 is 0. The highest BCUT2D eigenvalue weighted by Crippen LogP contribution is 2.10. The van der Waals surface area contributed by atoms with Gasteiger partial charge >= 0.3 is 5.97 Å². The quantitative estimate of drug-likeness (QED) is 0.216. The highest BCUT2D eigenvalue weighted by atomic mass is 16.5. The lowest BCUT2D eigenvalue weighted by atomic mass is 10.1. The first kappa shape index (κ1) is 21.2. The third kappa shape index (κ3) is 15.6. The summed E-state index contributed by atoms with van der Waals surface area (Å²) in [5, 5.41) is 0. The van der Waals surface area contributed by atoms with Gasteiger partial charge in [-0.05, 0) is 13.3 Å². The van der Waals surface area contributed by atoms with Gasteiger partial charge in [-0.1, -0.05) is 71.3 Å². The molecule has 0 aliphatic rings. The SMILES string of the molecule is C=C(C)C(=O)OCCCOCCCCCCCCCCCC. The number of unbranched alkanes of at least 4 members (excludes halogenated alkanes) is 9.